The van der Waals surface area contributed by atoms with Gasteiger partial charge in [-0.3, -0.25) is 4.90 Å². The van der Waals surface area contributed by atoms with E-state index in [4.69, 9.17) is 4.74 Å². The van der Waals surface area contributed by atoms with E-state index in [1.54, 1.807) is 12.3 Å². The van der Waals surface area contributed by atoms with E-state index in [0.717, 1.165) is 39.0 Å². The Hall–Kier alpha value is -1.20. The zero-order valence-electron chi connectivity index (χ0n) is 12.3. The maximum atomic E-state index is 13.3. The Morgan fingerprint density at radius 2 is 2.10 bits per heavy atom. The van der Waals surface area contributed by atoms with Gasteiger partial charge in [0.05, 0.1) is 12.2 Å². The van der Waals surface area contributed by atoms with Crippen LogP contribution < -0.4 is 5.32 Å². The molecule has 1 fully saturated rings. The molecule has 0 aliphatic carbocycles. The number of nitrogens with zero attached hydrogens (tertiary/aromatic N) is 2. The summed E-state index contributed by atoms with van der Waals surface area (Å²) in [5.74, 6) is 0.0597. The zero-order valence-corrected chi connectivity index (χ0v) is 12.3. The predicted molar refractivity (Wildman–Crippen MR) is 78.4 cm³/mol. The van der Waals surface area contributed by atoms with E-state index < -0.39 is 0 Å². The molecule has 1 aliphatic rings. The summed E-state index contributed by atoms with van der Waals surface area (Å²) >= 11 is 0. The molecule has 0 radical (unpaired) electrons. The molecule has 2 atom stereocenters. The first-order chi connectivity index (χ1) is 9.65. The first-order valence-electron chi connectivity index (χ1n) is 7.37. The van der Waals surface area contributed by atoms with Gasteiger partial charge in [-0.05, 0) is 45.4 Å². The third-order valence-electron chi connectivity index (χ3n) is 3.45. The number of pyridine rings is 1. The third kappa shape index (κ3) is 4.72. The summed E-state index contributed by atoms with van der Waals surface area (Å²) in [7, 11) is 0. The average Bonchev–Trinajstić information content (AvgIpc) is 2.39. The van der Waals surface area contributed by atoms with Crippen LogP contribution in [0.2, 0.25) is 0 Å². The third-order valence-corrected chi connectivity index (χ3v) is 3.45. The van der Waals surface area contributed by atoms with Crippen molar-refractivity contribution in [2.75, 3.05) is 31.5 Å². The van der Waals surface area contributed by atoms with Crippen molar-refractivity contribution in [2.24, 2.45) is 0 Å². The van der Waals surface area contributed by atoms with Crippen molar-refractivity contribution < 1.29 is 9.13 Å². The Morgan fingerprint density at radius 3 is 2.80 bits per heavy atom. The van der Waals surface area contributed by atoms with E-state index in [9.17, 15) is 4.39 Å². The Balaban J connectivity index is 1.61. The van der Waals surface area contributed by atoms with Crippen LogP contribution in [0.1, 0.15) is 26.7 Å². The Labute approximate surface area is 120 Å². The second kappa shape index (κ2) is 7.55. The number of hydrogen-bond donors (Lipinski definition) is 1. The highest BCUT2D eigenvalue weighted by Crippen LogP contribution is 2.12. The SMILES string of the molecule is C[C@@H]1CN(CCCCNc2ncccc2F)C[C@H](C)O1. The summed E-state index contributed by atoms with van der Waals surface area (Å²) in [6.07, 6.45) is 4.35. The summed E-state index contributed by atoms with van der Waals surface area (Å²) in [6, 6.07) is 3.02. The van der Waals surface area contributed by atoms with Crippen LogP contribution in [0, 0.1) is 5.82 Å². The van der Waals surface area contributed by atoms with Crippen LogP contribution in [0.4, 0.5) is 10.2 Å². The van der Waals surface area contributed by atoms with Crippen LogP contribution in [0.25, 0.3) is 0 Å². The van der Waals surface area contributed by atoms with Gasteiger partial charge in [-0.2, -0.15) is 0 Å². The highest BCUT2D eigenvalue weighted by molar-refractivity contribution is 5.35. The lowest BCUT2D eigenvalue weighted by Gasteiger charge is -2.35. The van der Waals surface area contributed by atoms with Gasteiger partial charge in [0.15, 0.2) is 11.6 Å². The van der Waals surface area contributed by atoms with Crippen molar-refractivity contribution in [3.63, 3.8) is 0 Å². The largest absolute Gasteiger partial charge is 0.373 e. The molecule has 5 heteroatoms. The number of halogens is 1. The van der Waals surface area contributed by atoms with E-state index >= 15 is 0 Å². The molecule has 1 saturated heterocycles. The van der Waals surface area contributed by atoms with Crippen LogP contribution in [0.5, 0.6) is 0 Å². The predicted octanol–water partition coefficient (Wildman–Crippen LogP) is 2.52. The molecule has 0 bridgehead atoms. The lowest BCUT2D eigenvalue weighted by atomic mass is 10.2. The average molecular weight is 281 g/mol. The molecule has 0 saturated carbocycles. The van der Waals surface area contributed by atoms with Crippen LogP contribution >= 0.6 is 0 Å². The summed E-state index contributed by atoms with van der Waals surface area (Å²) in [4.78, 5) is 6.42. The number of hydrogen-bond acceptors (Lipinski definition) is 4. The number of ether oxygens (including phenoxy) is 1. The topological polar surface area (TPSA) is 37.4 Å². The Kier molecular flexibility index (Phi) is 5.73. The monoisotopic (exact) mass is 281 g/mol. The maximum absolute atomic E-state index is 13.3. The molecule has 1 aromatic rings. The van der Waals surface area contributed by atoms with Crippen molar-refractivity contribution in [3.8, 4) is 0 Å². The number of morpholine rings is 1. The molecule has 20 heavy (non-hydrogen) atoms. The first kappa shape index (κ1) is 15.2. The number of anilines is 1. The highest BCUT2D eigenvalue weighted by Gasteiger charge is 2.21. The summed E-state index contributed by atoms with van der Waals surface area (Å²) < 4.78 is 19.0. The second-order valence-corrected chi connectivity index (χ2v) is 5.48. The molecular weight excluding hydrogens is 257 g/mol. The molecule has 112 valence electrons. The van der Waals surface area contributed by atoms with Crippen molar-refractivity contribution in [2.45, 2.75) is 38.9 Å². The van der Waals surface area contributed by atoms with Crippen molar-refractivity contribution >= 4 is 5.82 Å². The fraction of sp³-hybridized carbons (Fsp3) is 0.667. The normalized spacial score (nSPS) is 23.8. The van der Waals surface area contributed by atoms with Crippen molar-refractivity contribution in [1.29, 1.82) is 0 Å². The number of nitrogens with one attached hydrogen (secondary N) is 1. The van der Waals surface area contributed by atoms with Crippen LogP contribution in [-0.2, 0) is 4.74 Å². The second-order valence-electron chi connectivity index (χ2n) is 5.48. The van der Waals surface area contributed by atoms with Gasteiger partial charge in [-0.25, -0.2) is 9.37 Å². The van der Waals surface area contributed by atoms with Crippen molar-refractivity contribution in [3.05, 3.63) is 24.1 Å². The van der Waals surface area contributed by atoms with Gasteiger partial charge >= 0.3 is 0 Å². The van der Waals surface area contributed by atoms with E-state index in [2.05, 4.69) is 29.0 Å². The fourth-order valence-electron chi connectivity index (χ4n) is 2.65. The fourth-order valence-corrected chi connectivity index (χ4v) is 2.65. The van der Waals surface area contributed by atoms with Gasteiger partial charge in [0, 0.05) is 25.8 Å². The summed E-state index contributed by atoms with van der Waals surface area (Å²) in [5.41, 5.74) is 0. The lowest BCUT2D eigenvalue weighted by molar-refractivity contribution is -0.0681. The Morgan fingerprint density at radius 1 is 1.35 bits per heavy atom. The van der Waals surface area contributed by atoms with E-state index in [1.165, 1.54) is 6.07 Å². The Bertz CT molecular complexity index is 406. The quantitative estimate of drug-likeness (QED) is 0.813. The van der Waals surface area contributed by atoms with Gasteiger partial charge in [0.2, 0.25) is 0 Å². The maximum Gasteiger partial charge on any atom is 0.165 e. The molecule has 0 amide bonds. The zero-order chi connectivity index (χ0) is 14.4. The van der Waals surface area contributed by atoms with E-state index in [0.29, 0.717) is 18.0 Å². The van der Waals surface area contributed by atoms with Crippen LogP contribution in [-0.4, -0.2) is 48.3 Å². The summed E-state index contributed by atoms with van der Waals surface area (Å²) in [5, 5.41) is 3.04. The smallest absolute Gasteiger partial charge is 0.165 e. The van der Waals surface area contributed by atoms with Crippen molar-refractivity contribution in [1.82, 2.24) is 9.88 Å². The molecule has 2 heterocycles. The number of unbranched alkanes of at least 4 members (excludes halogenated alkanes) is 1. The molecule has 0 aromatic carbocycles. The summed E-state index contributed by atoms with van der Waals surface area (Å²) in [6.45, 7) is 8.08. The molecular formula is C15H24FN3O. The number of aromatic nitrogens is 1. The van der Waals surface area contributed by atoms with E-state index in [-0.39, 0.29) is 5.82 Å². The van der Waals surface area contributed by atoms with Gasteiger partial charge in [0.25, 0.3) is 0 Å². The molecule has 0 unspecified atom stereocenters. The van der Waals surface area contributed by atoms with Gasteiger partial charge in [0.1, 0.15) is 0 Å². The minimum atomic E-state index is -0.289. The molecule has 4 nitrogen and oxygen atoms in total. The van der Waals surface area contributed by atoms with Crippen LogP contribution in [0.15, 0.2) is 18.3 Å². The standard InChI is InChI=1S/C15H24FN3O/c1-12-10-19(11-13(2)20-12)9-4-3-7-17-15-14(16)6-5-8-18-15/h5-6,8,12-13H,3-4,7,9-11H2,1-2H3,(H,17,18)/t12-,13+. The van der Waals surface area contributed by atoms with E-state index in [1.807, 2.05) is 0 Å². The molecule has 1 N–H and O–H groups in total. The van der Waals surface area contributed by atoms with Gasteiger partial charge in [-0.1, -0.05) is 0 Å². The van der Waals surface area contributed by atoms with Gasteiger partial charge < -0.3 is 10.1 Å². The number of rotatable bonds is 6. The molecule has 0 spiro atoms. The minimum absolute atomic E-state index is 0.289. The lowest BCUT2D eigenvalue weighted by Crippen LogP contribution is -2.45. The highest BCUT2D eigenvalue weighted by atomic mass is 19.1. The minimum Gasteiger partial charge on any atom is -0.373 e. The molecule has 2 rings (SSSR count). The first-order valence-corrected chi connectivity index (χ1v) is 7.37. The molecule has 1 aliphatic heterocycles. The molecule has 1 aromatic heterocycles. The van der Waals surface area contributed by atoms with Crippen LogP contribution in [0.3, 0.4) is 0 Å². The van der Waals surface area contributed by atoms with Gasteiger partial charge in [-0.15, -0.1) is 0 Å².